The highest BCUT2D eigenvalue weighted by molar-refractivity contribution is 6.44. The van der Waals surface area contributed by atoms with E-state index in [1.165, 1.54) is 0 Å². The molecule has 1 unspecified atom stereocenters. The first-order chi connectivity index (χ1) is 7.07. The third kappa shape index (κ3) is 2.87. The molecule has 0 nitrogen and oxygen atoms in total. The number of hydrogen-bond acceptors (Lipinski definition) is 0. The molecule has 1 aromatic carbocycles. The molecule has 0 amide bonds. The van der Waals surface area contributed by atoms with Crippen LogP contribution in [0.25, 0.3) is 0 Å². The van der Waals surface area contributed by atoms with E-state index in [4.69, 9.17) is 0 Å². The summed E-state index contributed by atoms with van der Waals surface area (Å²) in [7, 11) is -3.58. The quantitative estimate of drug-likeness (QED) is 0.539. The Balaban J connectivity index is 3.11. The first-order valence-electron chi connectivity index (χ1n) is 5.44. The van der Waals surface area contributed by atoms with Crippen LogP contribution in [-0.2, 0) is 0 Å². The van der Waals surface area contributed by atoms with Crippen LogP contribution in [0.15, 0.2) is 24.3 Å². The Kier molecular flexibility index (Phi) is 4.45. The molecule has 0 saturated carbocycles. The van der Waals surface area contributed by atoms with Gasteiger partial charge in [-0.15, -0.1) is 0 Å². The zero-order valence-corrected chi connectivity index (χ0v) is 10.7. The normalized spacial score (nSPS) is 13.5. The lowest BCUT2D eigenvalue weighted by molar-refractivity contribution is 0.599. The SMILES string of the molecule is CCC(c1ccccc1C(C)C)[SiH](F)F. The number of hydrogen-bond donors (Lipinski definition) is 0. The minimum absolute atomic E-state index is 0.322. The van der Waals surface area contributed by atoms with E-state index in [0.29, 0.717) is 12.3 Å². The maximum atomic E-state index is 13.0. The van der Waals surface area contributed by atoms with Gasteiger partial charge in [-0.1, -0.05) is 45.0 Å². The molecule has 0 aliphatic heterocycles. The Morgan fingerprint density at radius 3 is 2.07 bits per heavy atom. The molecule has 0 spiro atoms. The Morgan fingerprint density at radius 1 is 1.13 bits per heavy atom. The lowest BCUT2D eigenvalue weighted by atomic mass is 9.94. The van der Waals surface area contributed by atoms with Gasteiger partial charge in [0.25, 0.3) is 0 Å². The van der Waals surface area contributed by atoms with Gasteiger partial charge in [-0.3, -0.25) is 8.22 Å². The van der Waals surface area contributed by atoms with Crippen LogP contribution in [0.3, 0.4) is 0 Å². The first kappa shape index (κ1) is 12.4. The average molecular weight is 228 g/mol. The van der Waals surface area contributed by atoms with Gasteiger partial charge in [0.2, 0.25) is 0 Å². The standard InChI is InChI=1S/C12H18F2Si/c1-4-12(15(13)14)11-8-6-5-7-10(11)9(2)3/h5-9,12,15H,4H2,1-3H3. The fraction of sp³-hybridized carbons (Fsp3) is 0.500. The van der Waals surface area contributed by atoms with Crippen molar-refractivity contribution in [1.29, 1.82) is 0 Å². The molecule has 0 heterocycles. The van der Waals surface area contributed by atoms with Crippen LogP contribution in [0, 0.1) is 0 Å². The highest BCUT2D eigenvalue weighted by Gasteiger charge is 2.26. The third-order valence-corrected chi connectivity index (χ3v) is 4.20. The van der Waals surface area contributed by atoms with Crippen molar-refractivity contribution in [2.75, 3.05) is 0 Å². The summed E-state index contributed by atoms with van der Waals surface area (Å²) in [6.07, 6.45) is 0.549. The van der Waals surface area contributed by atoms with Gasteiger partial charge in [0.15, 0.2) is 0 Å². The van der Waals surface area contributed by atoms with Crippen molar-refractivity contribution in [2.45, 2.75) is 38.7 Å². The first-order valence-corrected chi connectivity index (χ1v) is 6.98. The highest BCUT2D eigenvalue weighted by atomic mass is 28.4. The van der Waals surface area contributed by atoms with Crippen molar-refractivity contribution >= 4 is 9.46 Å². The Labute approximate surface area is 92.3 Å². The van der Waals surface area contributed by atoms with Gasteiger partial charge >= 0.3 is 9.46 Å². The molecule has 0 N–H and O–H groups in total. The number of rotatable bonds is 4. The van der Waals surface area contributed by atoms with Gasteiger partial charge in [0, 0.05) is 5.54 Å². The van der Waals surface area contributed by atoms with E-state index in [1.807, 2.05) is 31.2 Å². The Morgan fingerprint density at radius 2 is 1.67 bits per heavy atom. The van der Waals surface area contributed by atoms with Crippen molar-refractivity contribution in [3.8, 4) is 0 Å². The zero-order chi connectivity index (χ0) is 11.4. The minimum Gasteiger partial charge on any atom is -0.274 e. The summed E-state index contributed by atoms with van der Waals surface area (Å²) in [5.74, 6) is 0.322. The maximum absolute atomic E-state index is 13.0. The van der Waals surface area contributed by atoms with E-state index in [0.717, 1.165) is 11.1 Å². The zero-order valence-electron chi connectivity index (χ0n) is 9.50. The Hall–Kier alpha value is -0.703. The number of halogens is 2. The molecule has 1 atom stereocenters. The molecule has 15 heavy (non-hydrogen) atoms. The van der Waals surface area contributed by atoms with Crippen LogP contribution in [0.2, 0.25) is 0 Å². The van der Waals surface area contributed by atoms with E-state index < -0.39 is 15.0 Å². The third-order valence-electron chi connectivity index (χ3n) is 2.76. The summed E-state index contributed by atoms with van der Waals surface area (Å²) in [5, 5.41) is 0. The predicted octanol–water partition coefficient (Wildman–Crippen LogP) is 4.00. The summed E-state index contributed by atoms with van der Waals surface area (Å²) < 4.78 is 25.9. The second-order valence-electron chi connectivity index (χ2n) is 4.13. The lowest BCUT2D eigenvalue weighted by Crippen LogP contribution is -2.15. The molecule has 0 aliphatic rings. The number of benzene rings is 1. The summed E-state index contributed by atoms with van der Waals surface area (Å²) in [6, 6.07) is 7.63. The van der Waals surface area contributed by atoms with Crippen molar-refractivity contribution in [2.24, 2.45) is 0 Å². The average Bonchev–Trinajstić information content (AvgIpc) is 2.18. The van der Waals surface area contributed by atoms with Gasteiger partial charge < -0.3 is 0 Å². The Bertz CT molecular complexity index is 310. The second-order valence-corrected chi connectivity index (χ2v) is 5.61. The molecule has 0 fully saturated rings. The second kappa shape index (κ2) is 5.40. The summed E-state index contributed by atoms with van der Waals surface area (Å²) in [4.78, 5) is 0. The van der Waals surface area contributed by atoms with Gasteiger partial charge in [-0.25, -0.2) is 0 Å². The molecule has 1 rings (SSSR count). The molecular weight excluding hydrogens is 210 g/mol. The summed E-state index contributed by atoms with van der Waals surface area (Å²) in [6.45, 7) is 5.96. The molecule has 0 bridgehead atoms. The van der Waals surface area contributed by atoms with Crippen molar-refractivity contribution in [3.05, 3.63) is 35.4 Å². The van der Waals surface area contributed by atoms with Crippen LogP contribution in [0.4, 0.5) is 8.22 Å². The van der Waals surface area contributed by atoms with E-state index in [-0.39, 0.29) is 0 Å². The molecular formula is C12H18F2Si. The molecule has 1 aromatic rings. The van der Waals surface area contributed by atoms with Crippen LogP contribution < -0.4 is 0 Å². The van der Waals surface area contributed by atoms with E-state index in [9.17, 15) is 8.22 Å². The molecule has 0 saturated heterocycles. The van der Waals surface area contributed by atoms with Gasteiger partial charge in [0.05, 0.1) is 0 Å². The molecule has 0 aromatic heterocycles. The summed E-state index contributed by atoms with van der Waals surface area (Å²) >= 11 is 0. The predicted molar refractivity (Wildman–Crippen MR) is 62.9 cm³/mol. The van der Waals surface area contributed by atoms with E-state index in [1.54, 1.807) is 0 Å². The van der Waals surface area contributed by atoms with Crippen LogP contribution >= 0.6 is 0 Å². The van der Waals surface area contributed by atoms with Gasteiger partial charge in [-0.05, 0) is 23.5 Å². The van der Waals surface area contributed by atoms with Gasteiger partial charge in [-0.2, -0.15) is 0 Å². The smallest absolute Gasteiger partial charge is 0.274 e. The van der Waals surface area contributed by atoms with Crippen molar-refractivity contribution < 1.29 is 8.22 Å². The molecule has 3 heteroatoms. The summed E-state index contributed by atoms with van der Waals surface area (Å²) in [5.41, 5.74) is 1.47. The molecule has 84 valence electrons. The van der Waals surface area contributed by atoms with E-state index >= 15 is 0 Å². The van der Waals surface area contributed by atoms with Crippen LogP contribution in [0.5, 0.6) is 0 Å². The largest absolute Gasteiger partial charge is 0.418 e. The topological polar surface area (TPSA) is 0 Å². The van der Waals surface area contributed by atoms with Crippen molar-refractivity contribution in [1.82, 2.24) is 0 Å². The lowest BCUT2D eigenvalue weighted by Gasteiger charge is -2.19. The van der Waals surface area contributed by atoms with Crippen LogP contribution in [-0.4, -0.2) is 9.46 Å². The van der Waals surface area contributed by atoms with E-state index in [2.05, 4.69) is 13.8 Å². The highest BCUT2D eigenvalue weighted by Crippen LogP contribution is 2.30. The monoisotopic (exact) mass is 228 g/mol. The fourth-order valence-corrected chi connectivity index (χ4v) is 2.84. The van der Waals surface area contributed by atoms with Gasteiger partial charge in [0.1, 0.15) is 0 Å². The minimum atomic E-state index is -3.58. The fourth-order valence-electron chi connectivity index (χ4n) is 1.91. The molecule has 0 radical (unpaired) electrons. The van der Waals surface area contributed by atoms with Crippen molar-refractivity contribution in [3.63, 3.8) is 0 Å². The van der Waals surface area contributed by atoms with Crippen LogP contribution in [0.1, 0.15) is 49.8 Å². The maximum Gasteiger partial charge on any atom is 0.418 e. The molecule has 0 aliphatic carbocycles.